The van der Waals surface area contributed by atoms with Crippen LogP contribution in [0.2, 0.25) is 0 Å². The summed E-state index contributed by atoms with van der Waals surface area (Å²) in [6.45, 7) is 2.49. The fraction of sp³-hybridized carbons (Fsp3) is 0.375. The maximum absolute atomic E-state index is 10.6. The topological polar surface area (TPSA) is 51.5 Å². The Morgan fingerprint density at radius 1 is 1.85 bits per heavy atom. The number of carbonyl (C=O) groups is 1. The van der Waals surface area contributed by atoms with E-state index in [0.29, 0.717) is 17.9 Å². The number of aldehydes is 1. The molecule has 0 fully saturated rings. The molecule has 0 unspecified atom stereocenters. The lowest BCUT2D eigenvalue weighted by atomic mass is 10.4. The molecule has 0 amide bonds. The second-order valence-corrected chi connectivity index (χ2v) is 3.16. The largest absolute Gasteiger partial charge is 0.395 e. The first-order chi connectivity index (χ1) is 6.38. The van der Waals surface area contributed by atoms with Crippen LogP contribution in [0.15, 0.2) is 16.7 Å². The zero-order valence-corrected chi connectivity index (χ0v) is 8.08. The van der Waals surface area contributed by atoms with Crippen LogP contribution in [0.25, 0.3) is 0 Å². The number of hydrogen-bond acceptors (Lipinski definition) is 5. The molecule has 1 aromatic heterocycles. The average molecular weight is 198 g/mol. The predicted molar refractivity (Wildman–Crippen MR) is 51.0 cm³/mol. The maximum atomic E-state index is 10.6. The van der Waals surface area contributed by atoms with Crippen LogP contribution in [0, 0.1) is 0 Å². The molecule has 0 N–H and O–H groups in total. The van der Waals surface area contributed by atoms with Gasteiger partial charge in [0, 0.05) is 11.6 Å². The van der Waals surface area contributed by atoms with Crippen molar-refractivity contribution in [3.63, 3.8) is 0 Å². The highest BCUT2D eigenvalue weighted by atomic mass is 32.1. The van der Waals surface area contributed by atoms with Gasteiger partial charge in [0.2, 0.25) is 0 Å². The molecular weight excluding hydrogens is 188 g/mol. The third kappa shape index (κ3) is 2.95. The van der Waals surface area contributed by atoms with Crippen LogP contribution in [0.1, 0.15) is 18.4 Å². The molecule has 13 heavy (non-hydrogen) atoms. The molecule has 1 heterocycles. The minimum atomic E-state index is 0.253. The molecule has 0 radical (unpaired) electrons. The van der Waals surface area contributed by atoms with Gasteiger partial charge in [0.25, 0.3) is 0 Å². The third-order valence-electron chi connectivity index (χ3n) is 1.22. The molecule has 0 atom stereocenters. The SMILES string of the molecule is CCCON=C(C=O)c1nccs1. The van der Waals surface area contributed by atoms with E-state index < -0.39 is 0 Å². The lowest BCUT2D eigenvalue weighted by Gasteiger charge is -1.95. The van der Waals surface area contributed by atoms with Crippen molar-refractivity contribution >= 4 is 23.3 Å². The Balaban J connectivity index is 2.62. The van der Waals surface area contributed by atoms with E-state index in [2.05, 4.69) is 10.1 Å². The van der Waals surface area contributed by atoms with E-state index >= 15 is 0 Å². The summed E-state index contributed by atoms with van der Waals surface area (Å²) >= 11 is 1.36. The zero-order chi connectivity index (χ0) is 9.52. The van der Waals surface area contributed by atoms with E-state index in [1.54, 1.807) is 11.6 Å². The molecule has 70 valence electrons. The third-order valence-corrected chi connectivity index (χ3v) is 2.02. The fourth-order valence-electron chi connectivity index (χ4n) is 0.667. The summed E-state index contributed by atoms with van der Waals surface area (Å²) in [5.74, 6) is 0. The Kier molecular flexibility index (Phi) is 4.11. The Morgan fingerprint density at radius 3 is 3.23 bits per heavy atom. The summed E-state index contributed by atoms with van der Waals surface area (Å²) in [4.78, 5) is 19.4. The van der Waals surface area contributed by atoms with Gasteiger partial charge < -0.3 is 4.84 Å². The second kappa shape index (κ2) is 5.42. The summed E-state index contributed by atoms with van der Waals surface area (Å²) in [5, 5.41) is 6.05. The molecular formula is C8H10N2O2S. The predicted octanol–water partition coefficient (Wildman–Crippen LogP) is 1.47. The van der Waals surface area contributed by atoms with Gasteiger partial charge in [-0.1, -0.05) is 12.1 Å². The minimum Gasteiger partial charge on any atom is -0.395 e. The van der Waals surface area contributed by atoms with E-state index in [1.165, 1.54) is 11.3 Å². The molecule has 0 aliphatic heterocycles. The lowest BCUT2D eigenvalue weighted by Crippen LogP contribution is -2.02. The molecule has 0 aliphatic carbocycles. The number of hydrogen-bond donors (Lipinski definition) is 0. The van der Waals surface area contributed by atoms with Crippen LogP contribution in [-0.2, 0) is 9.63 Å². The van der Waals surface area contributed by atoms with Crippen molar-refractivity contribution in [3.05, 3.63) is 16.6 Å². The molecule has 0 bridgehead atoms. The van der Waals surface area contributed by atoms with E-state index in [1.807, 2.05) is 6.92 Å². The number of nitrogens with zero attached hydrogens (tertiary/aromatic N) is 2. The zero-order valence-electron chi connectivity index (χ0n) is 7.27. The van der Waals surface area contributed by atoms with Gasteiger partial charge in [-0.25, -0.2) is 4.98 Å². The summed E-state index contributed by atoms with van der Waals surface area (Å²) in [5.41, 5.74) is 0.253. The monoisotopic (exact) mass is 198 g/mol. The molecule has 0 spiro atoms. The van der Waals surface area contributed by atoms with Gasteiger partial charge in [-0.3, -0.25) is 4.79 Å². The Bertz CT molecular complexity index is 282. The molecule has 1 rings (SSSR count). The van der Waals surface area contributed by atoms with Crippen molar-refractivity contribution in [2.75, 3.05) is 6.61 Å². The van der Waals surface area contributed by atoms with Crippen molar-refractivity contribution in [2.45, 2.75) is 13.3 Å². The molecule has 0 aliphatic rings. The second-order valence-electron chi connectivity index (χ2n) is 2.26. The van der Waals surface area contributed by atoms with Gasteiger partial charge in [0.05, 0.1) is 0 Å². The van der Waals surface area contributed by atoms with Crippen LogP contribution in [0.5, 0.6) is 0 Å². The van der Waals surface area contributed by atoms with Gasteiger partial charge in [-0.15, -0.1) is 11.3 Å². The Hall–Kier alpha value is -1.23. The number of rotatable bonds is 5. The van der Waals surface area contributed by atoms with Crippen molar-refractivity contribution in [1.29, 1.82) is 0 Å². The summed E-state index contributed by atoms with van der Waals surface area (Å²) in [6, 6.07) is 0. The van der Waals surface area contributed by atoms with Crippen molar-refractivity contribution in [2.24, 2.45) is 5.16 Å². The molecule has 4 nitrogen and oxygen atoms in total. The summed E-state index contributed by atoms with van der Waals surface area (Å²) < 4.78 is 0. The minimum absolute atomic E-state index is 0.253. The molecule has 0 saturated heterocycles. The standard InChI is InChI=1S/C8H10N2O2S/c1-2-4-12-10-7(6-11)8-9-3-5-13-8/h3,5-6H,2,4H2,1H3. The molecule has 0 saturated carbocycles. The van der Waals surface area contributed by atoms with E-state index in [4.69, 9.17) is 4.84 Å². The van der Waals surface area contributed by atoms with Crippen LogP contribution < -0.4 is 0 Å². The number of thiazole rings is 1. The van der Waals surface area contributed by atoms with Crippen LogP contribution >= 0.6 is 11.3 Å². The summed E-state index contributed by atoms with van der Waals surface area (Å²) in [6.07, 6.45) is 3.14. The van der Waals surface area contributed by atoms with Crippen molar-refractivity contribution in [1.82, 2.24) is 4.98 Å². The first-order valence-electron chi connectivity index (χ1n) is 3.93. The Morgan fingerprint density at radius 2 is 2.69 bits per heavy atom. The van der Waals surface area contributed by atoms with E-state index in [-0.39, 0.29) is 5.71 Å². The lowest BCUT2D eigenvalue weighted by molar-refractivity contribution is -0.102. The van der Waals surface area contributed by atoms with Gasteiger partial charge in [0.15, 0.2) is 12.0 Å². The number of aromatic nitrogens is 1. The molecule has 1 aromatic rings. The van der Waals surface area contributed by atoms with Crippen LogP contribution in [-0.4, -0.2) is 23.6 Å². The maximum Gasteiger partial charge on any atom is 0.178 e. The molecule has 0 aromatic carbocycles. The van der Waals surface area contributed by atoms with Crippen molar-refractivity contribution in [3.8, 4) is 0 Å². The highest BCUT2D eigenvalue weighted by Gasteiger charge is 2.04. The summed E-state index contributed by atoms with van der Waals surface area (Å²) in [7, 11) is 0. The highest BCUT2D eigenvalue weighted by Crippen LogP contribution is 2.04. The number of oxime groups is 1. The van der Waals surface area contributed by atoms with E-state index in [9.17, 15) is 4.79 Å². The fourth-order valence-corrected chi connectivity index (χ4v) is 1.25. The van der Waals surface area contributed by atoms with Crippen LogP contribution in [0.3, 0.4) is 0 Å². The van der Waals surface area contributed by atoms with Gasteiger partial charge >= 0.3 is 0 Å². The Labute approximate surface area is 80.2 Å². The van der Waals surface area contributed by atoms with Crippen LogP contribution in [0.4, 0.5) is 0 Å². The molecule has 5 heteroatoms. The highest BCUT2D eigenvalue weighted by molar-refractivity contribution is 7.12. The van der Waals surface area contributed by atoms with Gasteiger partial charge in [-0.2, -0.15) is 0 Å². The average Bonchev–Trinajstić information content (AvgIpc) is 2.65. The first-order valence-corrected chi connectivity index (χ1v) is 4.81. The quantitative estimate of drug-likeness (QED) is 0.311. The van der Waals surface area contributed by atoms with Gasteiger partial charge in [-0.05, 0) is 6.42 Å². The van der Waals surface area contributed by atoms with Crippen molar-refractivity contribution < 1.29 is 9.63 Å². The smallest absolute Gasteiger partial charge is 0.178 e. The van der Waals surface area contributed by atoms with E-state index in [0.717, 1.165) is 6.42 Å². The van der Waals surface area contributed by atoms with Gasteiger partial charge in [0.1, 0.15) is 11.6 Å². The normalized spacial score (nSPS) is 11.3. The first kappa shape index (κ1) is 9.85. The number of carbonyl (C=O) groups excluding carboxylic acids is 1.